The van der Waals surface area contributed by atoms with Crippen molar-refractivity contribution in [3.63, 3.8) is 0 Å². The van der Waals surface area contributed by atoms with Crippen molar-refractivity contribution in [1.82, 2.24) is 0 Å². The molecule has 0 unspecified atom stereocenters. The molecule has 1 rings (SSSR count). The van der Waals surface area contributed by atoms with Gasteiger partial charge < -0.3 is 4.74 Å². The van der Waals surface area contributed by atoms with Crippen molar-refractivity contribution in [3.05, 3.63) is 34.9 Å². The van der Waals surface area contributed by atoms with Crippen LogP contribution in [-0.4, -0.2) is 12.6 Å². The Morgan fingerprint density at radius 3 is 2.42 bits per heavy atom. The van der Waals surface area contributed by atoms with Crippen LogP contribution in [0.5, 0.6) is 0 Å². The third kappa shape index (κ3) is 5.91. The zero-order valence-electron chi connectivity index (χ0n) is 12.5. The molecule has 0 spiro atoms. The second kappa shape index (κ2) is 8.73. The number of hydrogen-bond donors (Lipinski definition) is 0. The van der Waals surface area contributed by atoms with Gasteiger partial charge >= 0.3 is 5.97 Å². The molecule has 0 bridgehead atoms. The van der Waals surface area contributed by atoms with Crippen LogP contribution < -0.4 is 0 Å². The minimum atomic E-state index is -0.189. The number of ether oxygens (including phenoxy) is 1. The summed E-state index contributed by atoms with van der Waals surface area (Å²) in [4.78, 5) is 11.9. The van der Waals surface area contributed by atoms with Gasteiger partial charge in [-0.3, -0.25) is 0 Å². The van der Waals surface area contributed by atoms with Gasteiger partial charge in [0.25, 0.3) is 0 Å². The molecule has 2 nitrogen and oxygen atoms in total. The third-order valence-electron chi connectivity index (χ3n) is 3.33. The molecule has 0 fully saturated rings. The maximum atomic E-state index is 11.9. The lowest BCUT2D eigenvalue weighted by atomic mass is 10.1. The van der Waals surface area contributed by atoms with Gasteiger partial charge in [0.05, 0.1) is 12.2 Å². The van der Waals surface area contributed by atoms with Gasteiger partial charge in [0.1, 0.15) is 0 Å². The molecule has 19 heavy (non-hydrogen) atoms. The van der Waals surface area contributed by atoms with Gasteiger partial charge in [0, 0.05) is 0 Å². The second-order valence-corrected chi connectivity index (χ2v) is 5.22. The van der Waals surface area contributed by atoms with Crippen LogP contribution in [0.3, 0.4) is 0 Å². The van der Waals surface area contributed by atoms with E-state index in [4.69, 9.17) is 4.74 Å². The number of benzene rings is 1. The lowest BCUT2D eigenvalue weighted by molar-refractivity contribution is 0.0497. The van der Waals surface area contributed by atoms with E-state index in [-0.39, 0.29) is 5.97 Å². The number of carbonyl (C=O) groups excluding carboxylic acids is 1. The minimum Gasteiger partial charge on any atom is -0.462 e. The molecule has 0 aromatic heterocycles. The Morgan fingerprint density at radius 1 is 1.05 bits per heavy atom. The predicted molar refractivity (Wildman–Crippen MR) is 79.6 cm³/mol. The topological polar surface area (TPSA) is 26.3 Å². The largest absolute Gasteiger partial charge is 0.462 e. The molecule has 2 heteroatoms. The van der Waals surface area contributed by atoms with Crippen molar-refractivity contribution in [2.75, 3.05) is 6.61 Å². The maximum absolute atomic E-state index is 11.9. The summed E-state index contributed by atoms with van der Waals surface area (Å²) < 4.78 is 5.32. The fourth-order valence-corrected chi connectivity index (χ4v) is 2.17. The third-order valence-corrected chi connectivity index (χ3v) is 3.33. The molecule has 1 aromatic carbocycles. The van der Waals surface area contributed by atoms with E-state index in [1.807, 2.05) is 32.0 Å². The van der Waals surface area contributed by atoms with E-state index in [1.165, 1.54) is 31.2 Å². The monoisotopic (exact) mass is 262 g/mol. The highest BCUT2D eigenvalue weighted by Crippen LogP contribution is 2.12. The number of carbonyl (C=O) groups is 1. The zero-order valence-corrected chi connectivity index (χ0v) is 12.5. The van der Waals surface area contributed by atoms with E-state index in [0.717, 1.165) is 18.4 Å². The normalized spacial score (nSPS) is 10.5. The molecular weight excluding hydrogens is 236 g/mol. The highest BCUT2D eigenvalue weighted by atomic mass is 16.5. The lowest BCUT2D eigenvalue weighted by Gasteiger charge is -2.07. The first-order valence-electron chi connectivity index (χ1n) is 7.39. The van der Waals surface area contributed by atoms with Crippen LogP contribution in [0.4, 0.5) is 0 Å². The molecule has 0 N–H and O–H groups in total. The quantitative estimate of drug-likeness (QED) is 0.496. The van der Waals surface area contributed by atoms with Crippen molar-refractivity contribution in [2.24, 2.45) is 0 Å². The Morgan fingerprint density at radius 2 is 1.74 bits per heavy atom. The molecule has 0 aliphatic rings. The van der Waals surface area contributed by atoms with Crippen LogP contribution in [0, 0.1) is 13.8 Å². The summed E-state index contributed by atoms with van der Waals surface area (Å²) in [5.41, 5.74) is 2.86. The fraction of sp³-hybridized carbons (Fsp3) is 0.588. The van der Waals surface area contributed by atoms with Gasteiger partial charge in [0.2, 0.25) is 0 Å². The van der Waals surface area contributed by atoms with Crippen molar-refractivity contribution >= 4 is 5.97 Å². The highest BCUT2D eigenvalue weighted by Gasteiger charge is 2.09. The molecule has 106 valence electrons. The standard InChI is InChI=1S/C17H26O2/c1-4-5-6-7-8-9-12-19-17(18)16-11-10-14(2)13-15(16)3/h10-11,13H,4-9,12H2,1-3H3. The maximum Gasteiger partial charge on any atom is 0.338 e. The van der Waals surface area contributed by atoms with E-state index in [2.05, 4.69) is 6.92 Å². The number of rotatable bonds is 8. The summed E-state index contributed by atoms with van der Waals surface area (Å²) >= 11 is 0. The SMILES string of the molecule is CCCCCCCCOC(=O)c1ccc(C)cc1C. The van der Waals surface area contributed by atoms with Crippen molar-refractivity contribution in [3.8, 4) is 0 Å². The van der Waals surface area contributed by atoms with Gasteiger partial charge in [-0.1, -0.05) is 56.7 Å². The predicted octanol–water partition coefficient (Wildman–Crippen LogP) is 4.82. The fourth-order valence-electron chi connectivity index (χ4n) is 2.17. The second-order valence-electron chi connectivity index (χ2n) is 5.22. The Bertz CT molecular complexity index is 396. The van der Waals surface area contributed by atoms with Gasteiger partial charge in [-0.05, 0) is 31.9 Å². The average molecular weight is 262 g/mol. The van der Waals surface area contributed by atoms with Crippen molar-refractivity contribution < 1.29 is 9.53 Å². The molecule has 1 aromatic rings. The smallest absolute Gasteiger partial charge is 0.338 e. The Labute approximate surface area is 117 Å². The Hall–Kier alpha value is -1.31. The van der Waals surface area contributed by atoms with Crippen LogP contribution in [-0.2, 0) is 4.74 Å². The van der Waals surface area contributed by atoms with E-state index in [0.29, 0.717) is 12.2 Å². The van der Waals surface area contributed by atoms with E-state index < -0.39 is 0 Å². The molecule has 0 saturated carbocycles. The molecule has 0 saturated heterocycles. The van der Waals surface area contributed by atoms with Gasteiger partial charge in [-0.15, -0.1) is 0 Å². The van der Waals surface area contributed by atoms with E-state index in [9.17, 15) is 4.79 Å². The highest BCUT2D eigenvalue weighted by molar-refractivity contribution is 5.91. The van der Waals surface area contributed by atoms with Crippen LogP contribution >= 0.6 is 0 Å². The van der Waals surface area contributed by atoms with Gasteiger partial charge in [-0.25, -0.2) is 4.79 Å². The first-order valence-corrected chi connectivity index (χ1v) is 7.39. The summed E-state index contributed by atoms with van der Waals surface area (Å²) in [7, 11) is 0. The number of hydrogen-bond acceptors (Lipinski definition) is 2. The number of unbranched alkanes of at least 4 members (excludes halogenated alkanes) is 5. The molecule has 0 amide bonds. The number of aryl methyl sites for hydroxylation is 2. The first-order chi connectivity index (χ1) is 9.15. The van der Waals surface area contributed by atoms with Crippen LogP contribution in [0.15, 0.2) is 18.2 Å². The Kier molecular flexibility index (Phi) is 7.24. The molecular formula is C17H26O2. The summed E-state index contributed by atoms with van der Waals surface area (Å²) in [6.45, 7) is 6.73. The average Bonchev–Trinajstić information content (AvgIpc) is 2.37. The Balaban J connectivity index is 2.24. The van der Waals surface area contributed by atoms with E-state index >= 15 is 0 Å². The summed E-state index contributed by atoms with van der Waals surface area (Å²) in [6.07, 6.45) is 7.24. The molecule has 0 radical (unpaired) electrons. The van der Waals surface area contributed by atoms with Crippen LogP contribution in [0.2, 0.25) is 0 Å². The lowest BCUT2D eigenvalue weighted by Crippen LogP contribution is -2.08. The summed E-state index contributed by atoms with van der Waals surface area (Å²) in [5.74, 6) is -0.189. The summed E-state index contributed by atoms with van der Waals surface area (Å²) in [6, 6.07) is 5.82. The molecule has 0 heterocycles. The minimum absolute atomic E-state index is 0.189. The first kappa shape index (κ1) is 15.7. The van der Waals surface area contributed by atoms with Gasteiger partial charge in [0.15, 0.2) is 0 Å². The summed E-state index contributed by atoms with van der Waals surface area (Å²) in [5, 5.41) is 0. The van der Waals surface area contributed by atoms with Crippen LogP contribution in [0.25, 0.3) is 0 Å². The van der Waals surface area contributed by atoms with Crippen LogP contribution in [0.1, 0.15) is 66.9 Å². The van der Waals surface area contributed by atoms with Crippen molar-refractivity contribution in [1.29, 1.82) is 0 Å². The van der Waals surface area contributed by atoms with Crippen molar-refractivity contribution in [2.45, 2.75) is 59.3 Å². The molecule has 0 aliphatic heterocycles. The van der Waals surface area contributed by atoms with E-state index in [1.54, 1.807) is 0 Å². The molecule has 0 aliphatic carbocycles. The number of esters is 1. The zero-order chi connectivity index (χ0) is 14.1. The van der Waals surface area contributed by atoms with Gasteiger partial charge in [-0.2, -0.15) is 0 Å². The molecule has 0 atom stereocenters.